The van der Waals surface area contributed by atoms with E-state index in [9.17, 15) is 19.5 Å². The van der Waals surface area contributed by atoms with E-state index in [1.54, 1.807) is 6.92 Å². The summed E-state index contributed by atoms with van der Waals surface area (Å²) >= 11 is 1.03. The average Bonchev–Trinajstić information content (AvgIpc) is 3.17. The lowest BCUT2D eigenvalue weighted by Gasteiger charge is -2.37. The van der Waals surface area contributed by atoms with Gasteiger partial charge in [-0.1, -0.05) is 23.9 Å². The Hall–Kier alpha value is -3.20. The van der Waals surface area contributed by atoms with Crippen molar-refractivity contribution in [2.24, 2.45) is 0 Å². The maximum atomic E-state index is 12.8. The van der Waals surface area contributed by atoms with Crippen molar-refractivity contribution in [3.05, 3.63) is 52.1 Å². The van der Waals surface area contributed by atoms with Crippen molar-refractivity contribution in [2.45, 2.75) is 77.6 Å². The van der Waals surface area contributed by atoms with Gasteiger partial charge in [-0.25, -0.2) is 0 Å². The molecule has 1 saturated heterocycles. The summed E-state index contributed by atoms with van der Waals surface area (Å²) in [6, 6.07) is 7.57. The Kier molecular flexibility index (Phi) is 8.79. The summed E-state index contributed by atoms with van der Waals surface area (Å²) in [5, 5.41) is 9.66. The van der Waals surface area contributed by atoms with E-state index < -0.39 is 10.9 Å². The Morgan fingerprint density at radius 2 is 1.87 bits per heavy atom. The molecule has 2 amide bonds. The molecule has 2 aromatic rings. The Morgan fingerprint density at radius 1 is 1.15 bits per heavy atom. The number of esters is 1. The summed E-state index contributed by atoms with van der Waals surface area (Å²) in [7, 11) is 0. The molecule has 0 aromatic heterocycles. The van der Waals surface area contributed by atoms with E-state index >= 15 is 0 Å². The fourth-order valence-electron chi connectivity index (χ4n) is 5.01. The van der Waals surface area contributed by atoms with Gasteiger partial charge < -0.3 is 19.3 Å². The van der Waals surface area contributed by atoms with Crippen LogP contribution in [0.2, 0.25) is 0 Å². The summed E-state index contributed by atoms with van der Waals surface area (Å²) in [4.78, 5) is 37.9. The van der Waals surface area contributed by atoms with Gasteiger partial charge in [-0.15, -0.1) is 0 Å². The minimum atomic E-state index is -0.504. The summed E-state index contributed by atoms with van der Waals surface area (Å²) in [6.45, 7) is 10.5. The molecule has 2 heterocycles. The van der Waals surface area contributed by atoms with E-state index in [1.807, 2.05) is 52.0 Å². The van der Waals surface area contributed by atoms with Crippen molar-refractivity contribution in [1.29, 1.82) is 0 Å². The number of fused-ring (bicyclic) bond motifs is 1. The van der Waals surface area contributed by atoms with Crippen LogP contribution in [-0.2, 0) is 27.2 Å². The summed E-state index contributed by atoms with van der Waals surface area (Å²) < 4.78 is 17.4. The van der Waals surface area contributed by atoms with Crippen molar-refractivity contribution in [3.63, 3.8) is 0 Å². The number of aromatic hydroxyl groups is 1. The molecule has 2 aliphatic heterocycles. The third-order valence-electron chi connectivity index (χ3n) is 7.55. The number of phenolic OH excluding ortho intramolecular Hbond substituents is 1. The standard InChI is InChI=1S/C30H37NO7S/c1-6-36-25(32)8-7-15-31-28(34)24(39-29(31)35)16-21-9-11-22(12-10-21)37-17-30(5)14-13-23-20(4)26(33)18(2)19(3)27(23)38-30/h9-12,24,33H,6-8,13-17H2,1-5H3. The van der Waals surface area contributed by atoms with Crippen LogP contribution in [0.1, 0.15) is 60.9 Å². The average molecular weight is 556 g/mol. The van der Waals surface area contributed by atoms with Gasteiger partial charge in [0.2, 0.25) is 5.91 Å². The lowest BCUT2D eigenvalue weighted by atomic mass is 9.87. The molecule has 0 saturated carbocycles. The highest BCUT2D eigenvalue weighted by Crippen LogP contribution is 2.43. The van der Waals surface area contributed by atoms with Gasteiger partial charge in [-0.3, -0.25) is 19.3 Å². The molecule has 0 spiro atoms. The molecular formula is C30H37NO7S. The SMILES string of the molecule is CCOC(=O)CCCN1C(=O)SC(Cc2ccc(OCC3(C)CCc4c(C)c(O)c(C)c(C)c4O3)cc2)C1=O. The fourth-order valence-corrected chi connectivity index (χ4v) is 6.07. The van der Waals surface area contributed by atoms with Gasteiger partial charge in [-0.05, 0) is 94.7 Å². The number of carbonyl (C=O) groups excluding carboxylic acids is 3. The van der Waals surface area contributed by atoms with Crippen LogP contribution >= 0.6 is 11.8 Å². The van der Waals surface area contributed by atoms with Crippen molar-refractivity contribution < 1.29 is 33.7 Å². The number of phenols is 1. The molecule has 2 aromatic carbocycles. The van der Waals surface area contributed by atoms with Gasteiger partial charge in [0, 0.05) is 18.5 Å². The van der Waals surface area contributed by atoms with E-state index in [-0.39, 0.29) is 30.1 Å². The monoisotopic (exact) mass is 555 g/mol. The van der Waals surface area contributed by atoms with Crippen LogP contribution in [0.15, 0.2) is 24.3 Å². The van der Waals surface area contributed by atoms with Crippen molar-refractivity contribution >= 4 is 28.9 Å². The molecule has 8 nitrogen and oxygen atoms in total. The smallest absolute Gasteiger partial charge is 0.305 e. The first-order valence-electron chi connectivity index (χ1n) is 13.4. The zero-order chi connectivity index (χ0) is 28.3. The maximum absolute atomic E-state index is 12.8. The first kappa shape index (κ1) is 28.8. The molecule has 4 rings (SSSR count). The molecule has 210 valence electrons. The molecule has 0 aliphatic carbocycles. The van der Waals surface area contributed by atoms with Crippen LogP contribution in [0.3, 0.4) is 0 Å². The Morgan fingerprint density at radius 3 is 2.56 bits per heavy atom. The largest absolute Gasteiger partial charge is 0.507 e. The molecule has 1 N–H and O–H groups in total. The molecule has 9 heteroatoms. The number of hydrogen-bond donors (Lipinski definition) is 1. The van der Waals surface area contributed by atoms with Crippen LogP contribution in [0, 0.1) is 20.8 Å². The van der Waals surface area contributed by atoms with E-state index in [4.69, 9.17) is 14.2 Å². The predicted molar refractivity (Wildman–Crippen MR) is 150 cm³/mol. The van der Waals surface area contributed by atoms with Gasteiger partial charge in [0.25, 0.3) is 5.24 Å². The highest BCUT2D eigenvalue weighted by molar-refractivity contribution is 8.15. The molecular weight excluding hydrogens is 518 g/mol. The van der Waals surface area contributed by atoms with Crippen molar-refractivity contribution in [2.75, 3.05) is 19.8 Å². The Bertz CT molecular complexity index is 1260. The molecule has 2 unspecified atom stereocenters. The molecule has 0 radical (unpaired) electrons. The summed E-state index contributed by atoms with van der Waals surface area (Å²) in [6.07, 6.45) is 2.59. The Balaban J connectivity index is 1.31. The number of rotatable bonds is 10. The van der Waals surface area contributed by atoms with E-state index in [2.05, 4.69) is 0 Å². The summed E-state index contributed by atoms with van der Waals surface area (Å²) in [5.41, 5.74) is 4.17. The maximum Gasteiger partial charge on any atom is 0.305 e. The number of amides is 2. The number of benzene rings is 2. The lowest BCUT2D eigenvalue weighted by molar-refractivity contribution is -0.143. The fraction of sp³-hybridized carbons (Fsp3) is 0.500. The third kappa shape index (κ3) is 6.35. The van der Waals surface area contributed by atoms with Crippen LogP contribution < -0.4 is 9.47 Å². The number of thioether (sulfide) groups is 1. The van der Waals surface area contributed by atoms with Gasteiger partial charge in [-0.2, -0.15) is 0 Å². The molecule has 0 bridgehead atoms. The number of carbonyl (C=O) groups is 3. The first-order valence-corrected chi connectivity index (χ1v) is 14.3. The lowest BCUT2D eigenvalue weighted by Crippen LogP contribution is -2.42. The van der Waals surface area contributed by atoms with Gasteiger partial charge in [0.05, 0.1) is 11.9 Å². The summed E-state index contributed by atoms with van der Waals surface area (Å²) in [5.74, 6) is 1.35. The molecule has 39 heavy (non-hydrogen) atoms. The van der Waals surface area contributed by atoms with Gasteiger partial charge in [0.1, 0.15) is 29.5 Å². The third-order valence-corrected chi connectivity index (χ3v) is 8.63. The van der Waals surface area contributed by atoms with Gasteiger partial charge >= 0.3 is 5.97 Å². The zero-order valence-electron chi connectivity index (χ0n) is 23.3. The van der Waals surface area contributed by atoms with E-state index in [0.717, 1.165) is 58.2 Å². The quantitative estimate of drug-likeness (QED) is 0.387. The second kappa shape index (κ2) is 11.9. The number of imide groups is 1. The number of nitrogens with zero attached hydrogens (tertiary/aromatic N) is 1. The minimum absolute atomic E-state index is 0.181. The Labute approximate surface area is 234 Å². The highest BCUT2D eigenvalue weighted by Gasteiger charge is 2.39. The van der Waals surface area contributed by atoms with Crippen LogP contribution in [-0.4, -0.2) is 57.7 Å². The molecule has 1 fully saturated rings. The van der Waals surface area contributed by atoms with Gasteiger partial charge in [0.15, 0.2) is 0 Å². The topological polar surface area (TPSA) is 102 Å². The number of hydrogen-bond acceptors (Lipinski definition) is 8. The molecule has 2 atom stereocenters. The van der Waals surface area contributed by atoms with E-state index in [0.29, 0.717) is 37.6 Å². The predicted octanol–water partition coefficient (Wildman–Crippen LogP) is 5.43. The normalized spacial score (nSPS) is 20.5. The number of ether oxygens (including phenoxy) is 3. The van der Waals surface area contributed by atoms with Crippen molar-refractivity contribution in [3.8, 4) is 17.2 Å². The van der Waals surface area contributed by atoms with Crippen LogP contribution in [0.4, 0.5) is 4.79 Å². The van der Waals surface area contributed by atoms with Crippen LogP contribution in [0.5, 0.6) is 17.2 Å². The zero-order valence-corrected chi connectivity index (χ0v) is 24.1. The molecule has 2 aliphatic rings. The van der Waals surface area contributed by atoms with Crippen molar-refractivity contribution in [1.82, 2.24) is 4.90 Å². The van der Waals surface area contributed by atoms with Crippen LogP contribution in [0.25, 0.3) is 0 Å². The highest BCUT2D eigenvalue weighted by atomic mass is 32.2. The van der Waals surface area contributed by atoms with E-state index in [1.165, 1.54) is 4.90 Å². The minimum Gasteiger partial charge on any atom is -0.507 e. The second-order valence-corrected chi connectivity index (χ2v) is 11.6. The first-order chi connectivity index (χ1) is 18.5. The second-order valence-electron chi connectivity index (χ2n) is 10.5.